The van der Waals surface area contributed by atoms with E-state index in [0.29, 0.717) is 58.8 Å². The normalized spacial score (nSPS) is 15.4. The summed E-state index contributed by atoms with van der Waals surface area (Å²) in [6, 6.07) is 59.3. The Bertz CT molecular complexity index is 3000. The van der Waals surface area contributed by atoms with Crippen molar-refractivity contribution in [2.45, 2.75) is 65.1 Å². The summed E-state index contributed by atoms with van der Waals surface area (Å²) in [5.41, 5.74) is 5.99. The van der Waals surface area contributed by atoms with Crippen LogP contribution in [0.5, 0.6) is 51.7 Å². The molecule has 12 nitrogen and oxygen atoms in total. The van der Waals surface area contributed by atoms with Crippen molar-refractivity contribution in [1.82, 2.24) is 0 Å². The average Bonchev–Trinajstić information content (AvgIpc) is 3.85. The van der Waals surface area contributed by atoms with Crippen LogP contribution in [-0.2, 0) is 48.9 Å². The molecule has 1 unspecified atom stereocenters. The lowest BCUT2D eigenvalue weighted by atomic mass is 9.93. The smallest absolute Gasteiger partial charge is 0.361 e. The van der Waals surface area contributed by atoms with Gasteiger partial charge in [-0.3, -0.25) is 0 Å². The van der Waals surface area contributed by atoms with Gasteiger partial charge in [-0.05, 0) is 59.0 Å². The van der Waals surface area contributed by atoms with Crippen molar-refractivity contribution in [3.63, 3.8) is 0 Å². The molecule has 0 bridgehead atoms. The predicted octanol–water partition coefficient (Wildman–Crippen LogP) is 12.3. The van der Waals surface area contributed by atoms with E-state index < -0.39 is 24.7 Å². The van der Waals surface area contributed by atoms with Gasteiger partial charge >= 0.3 is 12.4 Å². The van der Waals surface area contributed by atoms with Crippen molar-refractivity contribution in [2.75, 3.05) is 6.61 Å². The summed E-state index contributed by atoms with van der Waals surface area (Å²) in [7, 11) is 0. The van der Waals surface area contributed by atoms with Crippen LogP contribution in [0.1, 0.15) is 62.3 Å². The fourth-order valence-corrected chi connectivity index (χ4v) is 8.36. The lowest BCUT2D eigenvalue weighted by Gasteiger charge is -2.35. The molecule has 0 aliphatic carbocycles. The number of phenolic OH excluding ortho intramolecular Hbond substituents is 1. The molecule has 0 saturated carbocycles. The van der Waals surface area contributed by atoms with E-state index in [4.69, 9.17) is 47.4 Å². The Kier molecular flexibility index (Phi) is 14.7. The zero-order valence-electron chi connectivity index (χ0n) is 39.5. The van der Waals surface area contributed by atoms with Gasteiger partial charge in [0.25, 0.3) is 0 Å². The molecule has 0 saturated heterocycles. The van der Waals surface area contributed by atoms with E-state index in [2.05, 4.69) is 0 Å². The van der Waals surface area contributed by atoms with E-state index in [-0.39, 0.29) is 55.7 Å². The Balaban J connectivity index is 1.07. The van der Waals surface area contributed by atoms with Crippen molar-refractivity contribution < 1.29 is 57.3 Å². The molecule has 72 heavy (non-hydrogen) atoms. The number of carbonyl (C=O) groups is 1. The van der Waals surface area contributed by atoms with E-state index in [1.54, 1.807) is 6.92 Å². The van der Waals surface area contributed by atoms with E-state index in [1.165, 1.54) is 12.1 Å². The van der Waals surface area contributed by atoms with Crippen molar-refractivity contribution in [1.29, 1.82) is 0 Å². The van der Waals surface area contributed by atoms with Gasteiger partial charge in [0, 0.05) is 29.7 Å². The zero-order valence-corrected chi connectivity index (χ0v) is 39.5. The third-order valence-electron chi connectivity index (χ3n) is 12.0. The Labute approximate surface area is 417 Å². The fraction of sp³-hybridized carbons (Fsp3) is 0.183. The first-order valence-electron chi connectivity index (χ1n) is 23.8. The SMILES string of the molecule is CCOC1Oc2cc(C(=O)O[C@@H]3Cc4c(OCc5ccccc5)cc(OCc5ccccc5)cc4O[C@@H]3c3cc(OCc4ccccc4)c(OCc4ccccc4)c(OCc4ccccc4)c3)cc(O)c2O1. The predicted molar refractivity (Wildman–Crippen MR) is 268 cm³/mol. The van der Waals surface area contributed by atoms with Gasteiger partial charge in [-0.2, -0.15) is 0 Å². The van der Waals surface area contributed by atoms with Crippen LogP contribution in [0, 0.1) is 0 Å². The highest BCUT2D eigenvalue weighted by atomic mass is 16.9. The minimum Gasteiger partial charge on any atom is -0.504 e. The fourth-order valence-electron chi connectivity index (χ4n) is 8.36. The number of rotatable bonds is 20. The first kappa shape index (κ1) is 47.1. The van der Waals surface area contributed by atoms with Gasteiger partial charge in [-0.15, -0.1) is 0 Å². The van der Waals surface area contributed by atoms with Gasteiger partial charge in [-0.1, -0.05) is 152 Å². The molecule has 0 aromatic heterocycles. The molecule has 8 aromatic carbocycles. The Morgan fingerprint density at radius 3 is 1.53 bits per heavy atom. The number of hydrogen-bond acceptors (Lipinski definition) is 12. The van der Waals surface area contributed by atoms with E-state index in [1.807, 2.05) is 176 Å². The lowest BCUT2D eigenvalue weighted by molar-refractivity contribution is -0.173. The second-order valence-electron chi connectivity index (χ2n) is 17.1. The molecule has 0 fully saturated rings. The number of ether oxygens (including phenoxy) is 10. The van der Waals surface area contributed by atoms with Gasteiger partial charge in [0.05, 0.1) is 12.2 Å². The maximum Gasteiger partial charge on any atom is 0.361 e. The molecule has 3 atom stereocenters. The first-order valence-corrected chi connectivity index (χ1v) is 23.8. The third kappa shape index (κ3) is 11.5. The summed E-state index contributed by atoms with van der Waals surface area (Å²) >= 11 is 0. The molecule has 364 valence electrons. The monoisotopic (exact) mass is 964 g/mol. The summed E-state index contributed by atoms with van der Waals surface area (Å²) in [6.45, 7) is 2.19. The number of hydrogen-bond donors (Lipinski definition) is 1. The number of phenols is 1. The van der Waals surface area contributed by atoms with Crippen molar-refractivity contribution >= 4 is 5.97 Å². The van der Waals surface area contributed by atoms with Crippen LogP contribution in [-0.4, -0.2) is 30.3 Å². The number of esters is 1. The topological polar surface area (TPSA) is 130 Å². The number of benzene rings is 8. The maximum absolute atomic E-state index is 14.5. The quantitative estimate of drug-likeness (QED) is 0.0730. The van der Waals surface area contributed by atoms with Crippen LogP contribution < -0.4 is 37.9 Å². The summed E-state index contributed by atoms with van der Waals surface area (Å²) in [5, 5.41) is 11.1. The van der Waals surface area contributed by atoms with Crippen LogP contribution in [0.2, 0.25) is 0 Å². The third-order valence-corrected chi connectivity index (χ3v) is 12.0. The van der Waals surface area contributed by atoms with Crippen molar-refractivity contribution in [3.05, 3.63) is 233 Å². The highest BCUT2D eigenvalue weighted by molar-refractivity contribution is 5.91. The summed E-state index contributed by atoms with van der Waals surface area (Å²) < 4.78 is 63.5. The van der Waals surface area contributed by atoms with Crippen LogP contribution in [0.15, 0.2) is 188 Å². The molecule has 1 N–H and O–H groups in total. The number of aromatic hydroxyl groups is 1. The average molecular weight is 965 g/mol. The van der Waals surface area contributed by atoms with Gasteiger partial charge in [-0.25, -0.2) is 4.79 Å². The molecule has 0 spiro atoms. The Hall–Kier alpha value is -8.61. The van der Waals surface area contributed by atoms with Gasteiger partial charge in [0.1, 0.15) is 56.4 Å². The standard InChI is InChI=1S/C60H52O12/c1-2-63-60-71-54-31-46(28-49(61)57(54)72-60)59(62)70-55-34-48-50(65-36-41-20-10-4-11-21-41)32-47(64-35-40-18-8-3-9-19-40)33-51(48)69-56(55)45-29-52(66-37-42-22-12-5-13-23-42)58(68-39-44-26-16-7-17-27-44)53(30-45)67-38-43-24-14-6-15-25-43/h3-33,55-56,60-61H,2,34-39H2,1H3/t55-,56-,60?/m1/s1. The Morgan fingerprint density at radius 1 is 0.528 bits per heavy atom. The summed E-state index contributed by atoms with van der Waals surface area (Å²) in [4.78, 5) is 14.5. The van der Waals surface area contributed by atoms with Crippen molar-refractivity contribution in [2.24, 2.45) is 0 Å². The van der Waals surface area contributed by atoms with E-state index >= 15 is 0 Å². The van der Waals surface area contributed by atoms with E-state index in [0.717, 1.165) is 27.8 Å². The van der Waals surface area contributed by atoms with E-state index in [9.17, 15) is 9.90 Å². The summed E-state index contributed by atoms with van der Waals surface area (Å²) in [6.07, 6.45) is -1.83. The molecular formula is C60H52O12. The number of fused-ring (bicyclic) bond motifs is 2. The molecule has 0 radical (unpaired) electrons. The summed E-state index contributed by atoms with van der Waals surface area (Å²) in [5.74, 6) is 1.74. The molecule has 10 rings (SSSR count). The number of carbonyl (C=O) groups excluding carboxylic acids is 1. The molecule has 2 aliphatic rings. The second-order valence-corrected chi connectivity index (χ2v) is 17.1. The highest BCUT2D eigenvalue weighted by Crippen LogP contribution is 2.49. The molecule has 2 heterocycles. The molecule has 8 aromatic rings. The van der Waals surface area contributed by atoms with Crippen molar-refractivity contribution in [3.8, 4) is 51.7 Å². The van der Waals surface area contributed by atoms with Gasteiger partial charge < -0.3 is 52.5 Å². The second kappa shape index (κ2) is 22.4. The van der Waals surface area contributed by atoms with Gasteiger partial charge in [0.15, 0.2) is 29.1 Å². The molecule has 12 heteroatoms. The maximum atomic E-state index is 14.5. The highest BCUT2D eigenvalue weighted by Gasteiger charge is 2.39. The minimum absolute atomic E-state index is 0.0187. The van der Waals surface area contributed by atoms with Crippen LogP contribution in [0.3, 0.4) is 0 Å². The Morgan fingerprint density at radius 2 is 1.01 bits per heavy atom. The molecule has 2 aliphatic heterocycles. The minimum atomic E-state index is -1.08. The zero-order chi connectivity index (χ0) is 49.1. The first-order chi connectivity index (χ1) is 35.4. The molecule has 0 amide bonds. The van der Waals surface area contributed by atoms with Crippen LogP contribution in [0.25, 0.3) is 0 Å². The lowest BCUT2D eigenvalue weighted by Crippen LogP contribution is -2.35. The van der Waals surface area contributed by atoms with Gasteiger partial charge in [0.2, 0.25) is 11.5 Å². The van der Waals surface area contributed by atoms with Crippen LogP contribution in [0.4, 0.5) is 0 Å². The molecular weight excluding hydrogens is 913 g/mol. The van der Waals surface area contributed by atoms with Crippen LogP contribution >= 0.6 is 0 Å². The largest absolute Gasteiger partial charge is 0.504 e.